The molecule has 0 unspecified atom stereocenters. The maximum Gasteiger partial charge on any atom is 0.168 e. The standard InChI is InChI=1S/C9H7F2N3S/c1-4-2-3-5(7(11)6(4)10)8-9(12)14-15-13-8/h2-3H,1H3,(H2,12,14). The Bertz CT molecular complexity index is 510. The van der Waals surface area contributed by atoms with Gasteiger partial charge >= 0.3 is 0 Å². The lowest BCUT2D eigenvalue weighted by atomic mass is 10.1. The number of aryl methyl sites for hydroxylation is 1. The molecule has 0 spiro atoms. The van der Waals surface area contributed by atoms with Crippen LogP contribution in [0.15, 0.2) is 12.1 Å². The van der Waals surface area contributed by atoms with Crippen molar-refractivity contribution in [1.82, 2.24) is 8.75 Å². The van der Waals surface area contributed by atoms with E-state index < -0.39 is 11.6 Å². The fourth-order valence-electron chi connectivity index (χ4n) is 1.21. The molecule has 0 radical (unpaired) electrons. The Morgan fingerprint density at radius 1 is 1.20 bits per heavy atom. The molecule has 0 fully saturated rings. The van der Waals surface area contributed by atoms with Crippen molar-refractivity contribution >= 4 is 17.5 Å². The number of aromatic nitrogens is 2. The summed E-state index contributed by atoms with van der Waals surface area (Å²) < 4.78 is 34.3. The van der Waals surface area contributed by atoms with E-state index in [-0.39, 0.29) is 22.6 Å². The van der Waals surface area contributed by atoms with Gasteiger partial charge in [-0.2, -0.15) is 8.75 Å². The Labute approximate surface area is 88.9 Å². The van der Waals surface area contributed by atoms with E-state index in [1.165, 1.54) is 19.1 Å². The van der Waals surface area contributed by atoms with Gasteiger partial charge < -0.3 is 5.73 Å². The van der Waals surface area contributed by atoms with Crippen LogP contribution in [-0.4, -0.2) is 8.75 Å². The van der Waals surface area contributed by atoms with Gasteiger partial charge in [0.25, 0.3) is 0 Å². The quantitative estimate of drug-likeness (QED) is 0.813. The van der Waals surface area contributed by atoms with Crippen LogP contribution in [0.2, 0.25) is 0 Å². The largest absolute Gasteiger partial charge is 0.381 e. The predicted octanol–water partition coefficient (Wildman–Crippen LogP) is 2.37. The average Bonchev–Trinajstić information content (AvgIpc) is 2.62. The van der Waals surface area contributed by atoms with E-state index >= 15 is 0 Å². The number of nitrogens with zero attached hydrogens (tertiary/aromatic N) is 2. The Morgan fingerprint density at radius 2 is 1.93 bits per heavy atom. The lowest BCUT2D eigenvalue weighted by Crippen LogP contribution is -1.95. The van der Waals surface area contributed by atoms with Crippen molar-refractivity contribution in [2.45, 2.75) is 6.92 Å². The molecule has 0 saturated heterocycles. The number of hydrogen-bond acceptors (Lipinski definition) is 4. The summed E-state index contributed by atoms with van der Waals surface area (Å²) in [6.07, 6.45) is 0. The summed E-state index contributed by atoms with van der Waals surface area (Å²) in [4.78, 5) is 0. The van der Waals surface area contributed by atoms with Gasteiger partial charge in [0, 0.05) is 5.56 Å². The lowest BCUT2D eigenvalue weighted by molar-refractivity contribution is 0.505. The third-order valence-electron chi connectivity index (χ3n) is 2.04. The fourth-order valence-corrected chi connectivity index (χ4v) is 1.70. The molecule has 2 N–H and O–H groups in total. The molecule has 1 aromatic carbocycles. The van der Waals surface area contributed by atoms with E-state index in [2.05, 4.69) is 8.75 Å². The van der Waals surface area contributed by atoms with Gasteiger partial charge in [-0.25, -0.2) is 8.78 Å². The third-order valence-corrected chi connectivity index (χ3v) is 2.59. The highest BCUT2D eigenvalue weighted by atomic mass is 32.1. The molecule has 0 aliphatic rings. The van der Waals surface area contributed by atoms with Crippen molar-refractivity contribution in [2.24, 2.45) is 0 Å². The molecular formula is C9H7F2N3S. The average molecular weight is 227 g/mol. The minimum atomic E-state index is -0.936. The van der Waals surface area contributed by atoms with Crippen molar-refractivity contribution in [3.63, 3.8) is 0 Å². The third kappa shape index (κ3) is 1.56. The molecule has 0 aliphatic carbocycles. The number of hydrogen-bond donors (Lipinski definition) is 1. The highest BCUT2D eigenvalue weighted by Gasteiger charge is 2.16. The summed E-state index contributed by atoms with van der Waals surface area (Å²) in [5.41, 5.74) is 5.96. The summed E-state index contributed by atoms with van der Waals surface area (Å²) in [5, 5.41) is 0. The number of nitrogen functional groups attached to an aromatic ring is 1. The number of rotatable bonds is 1. The molecule has 0 aliphatic heterocycles. The van der Waals surface area contributed by atoms with Crippen LogP contribution in [-0.2, 0) is 0 Å². The zero-order valence-electron chi connectivity index (χ0n) is 7.79. The van der Waals surface area contributed by atoms with Gasteiger partial charge in [0.1, 0.15) is 5.69 Å². The van der Waals surface area contributed by atoms with E-state index in [4.69, 9.17) is 5.73 Å². The number of benzene rings is 1. The van der Waals surface area contributed by atoms with Crippen LogP contribution >= 0.6 is 11.7 Å². The molecule has 1 heterocycles. The van der Waals surface area contributed by atoms with Gasteiger partial charge in [-0.15, -0.1) is 0 Å². The smallest absolute Gasteiger partial charge is 0.168 e. The van der Waals surface area contributed by atoms with Crippen molar-refractivity contribution in [1.29, 1.82) is 0 Å². The van der Waals surface area contributed by atoms with Crippen LogP contribution in [0.1, 0.15) is 5.56 Å². The van der Waals surface area contributed by atoms with Gasteiger partial charge in [0.2, 0.25) is 0 Å². The fraction of sp³-hybridized carbons (Fsp3) is 0.111. The normalized spacial score (nSPS) is 10.6. The molecule has 0 atom stereocenters. The molecule has 3 nitrogen and oxygen atoms in total. The van der Waals surface area contributed by atoms with Crippen LogP contribution < -0.4 is 5.73 Å². The SMILES string of the molecule is Cc1ccc(-c2nsnc2N)c(F)c1F. The molecule has 2 aromatic rings. The summed E-state index contributed by atoms with van der Waals surface area (Å²) in [6.45, 7) is 1.49. The molecule has 0 amide bonds. The van der Waals surface area contributed by atoms with Crippen LogP contribution in [0.3, 0.4) is 0 Å². The first-order valence-electron chi connectivity index (χ1n) is 4.14. The predicted molar refractivity (Wildman–Crippen MR) is 54.4 cm³/mol. The highest BCUT2D eigenvalue weighted by Crippen LogP contribution is 2.28. The Morgan fingerprint density at radius 3 is 2.53 bits per heavy atom. The highest BCUT2D eigenvalue weighted by molar-refractivity contribution is 6.99. The van der Waals surface area contributed by atoms with Crippen LogP contribution in [0.5, 0.6) is 0 Å². The maximum absolute atomic E-state index is 13.5. The number of halogens is 2. The summed E-state index contributed by atoms with van der Waals surface area (Å²) in [6, 6.07) is 2.92. The van der Waals surface area contributed by atoms with Gasteiger partial charge in [0.15, 0.2) is 17.5 Å². The van der Waals surface area contributed by atoms with Crippen LogP contribution in [0.4, 0.5) is 14.6 Å². The maximum atomic E-state index is 13.5. The summed E-state index contributed by atoms with van der Waals surface area (Å²) in [5.74, 6) is -1.70. The zero-order valence-corrected chi connectivity index (χ0v) is 8.61. The second-order valence-corrected chi connectivity index (χ2v) is 3.58. The molecule has 6 heteroatoms. The number of nitrogens with two attached hydrogens (primary N) is 1. The van der Waals surface area contributed by atoms with Crippen molar-refractivity contribution < 1.29 is 8.78 Å². The minimum absolute atomic E-state index is 0.0457. The van der Waals surface area contributed by atoms with Crippen molar-refractivity contribution in [3.05, 3.63) is 29.3 Å². The van der Waals surface area contributed by atoms with E-state index in [9.17, 15) is 8.78 Å². The molecule has 2 rings (SSSR count). The van der Waals surface area contributed by atoms with E-state index in [0.29, 0.717) is 0 Å². The topological polar surface area (TPSA) is 51.8 Å². The molecule has 0 saturated carbocycles. The van der Waals surface area contributed by atoms with Crippen LogP contribution in [0, 0.1) is 18.6 Å². The van der Waals surface area contributed by atoms with Gasteiger partial charge in [-0.05, 0) is 18.6 Å². The number of anilines is 1. The molecule has 0 bridgehead atoms. The van der Waals surface area contributed by atoms with E-state index in [1.54, 1.807) is 0 Å². The Hall–Kier alpha value is -1.56. The molecule has 1 aromatic heterocycles. The summed E-state index contributed by atoms with van der Waals surface area (Å²) in [7, 11) is 0. The lowest BCUT2D eigenvalue weighted by Gasteiger charge is -2.03. The molecule has 78 valence electrons. The minimum Gasteiger partial charge on any atom is -0.381 e. The first kappa shape index (κ1) is 9.97. The van der Waals surface area contributed by atoms with Crippen molar-refractivity contribution in [3.8, 4) is 11.3 Å². The first-order chi connectivity index (χ1) is 7.11. The van der Waals surface area contributed by atoms with Gasteiger partial charge in [-0.1, -0.05) is 6.07 Å². The van der Waals surface area contributed by atoms with Crippen molar-refractivity contribution in [2.75, 3.05) is 5.73 Å². The van der Waals surface area contributed by atoms with Gasteiger partial charge in [-0.3, -0.25) is 0 Å². The van der Waals surface area contributed by atoms with Crippen LogP contribution in [0.25, 0.3) is 11.3 Å². The second-order valence-electron chi connectivity index (χ2n) is 3.06. The second kappa shape index (κ2) is 3.54. The Balaban J connectivity index is 2.65. The van der Waals surface area contributed by atoms with E-state index in [1.807, 2.05) is 0 Å². The summed E-state index contributed by atoms with van der Waals surface area (Å²) >= 11 is 0.866. The first-order valence-corrected chi connectivity index (χ1v) is 4.87. The zero-order chi connectivity index (χ0) is 11.0. The Kier molecular flexibility index (Phi) is 2.36. The van der Waals surface area contributed by atoms with Gasteiger partial charge in [0.05, 0.1) is 11.7 Å². The monoisotopic (exact) mass is 227 g/mol. The molecule has 15 heavy (non-hydrogen) atoms. The molecular weight excluding hydrogens is 220 g/mol. The van der Waals surface area contributed by atoms with E-state index in [0.717, 1.165) is 11.7 Å².